The quantitative estimate of drug-likeness (QED) is 0.459. The molecule has 0 aliphatic heterocycles. The summed E-state index contributed by atoms with van der Waals surface area (Å²) >= 11 is 0. The minimum atomic E-state index is -0.219. The van der Waals surface area contributed by atoms with Crippen molar-refractivity contribution in [3.63, 3.8) is 0 Å². The van der Waals surface area contributed by atoms with Crippen molar-refractivity contribution in [3.05, 3.63) is 0 Å². The first-order chi connectivity index (χ1) is 3.80. The summed E-state index contributed by atoms with van der Waals surface area (Å²) in [7, 11) is 5.53. The van der Waals surface area contributed by atoms with Crippen molar-refractivity contribution in [2.75, 3.05) is 0 Å². The average Bonchev–Trinajstić information content (AvgIpc) is 1.77. The molecule has 1 N–H and O–H groups in total. The largest absolute Gasteiger partial charge is 0.394 e. The molecule has 1 aliphatic rings. The summed E-state index contributed by atoms with van der Waals surface area (Å²) in [5.74, 6) is 0.0590. The molecule has 0 amide bonds. The van der Waals surface area contributed by atoms with Crippen molar-refractivity contribution in [2.45, 2.75) is 37.6 Å². The highest BCUT2D eigenvalue weighted by Gasteiger charge is 2.16. The first kappa shape index (κ1) is 6.15. The lowest BCUT2D eigenvalue weighted by atomic mass is 9.73. The summed E-state index contributed by atoms with van der Waals surface area (Å²) in [6, 6.07) is 0. The maximum Gasteiger partial charge on any atom is 0.0734 e. The molecule has 2 radical (unpaired) electrons. The van der Waals surface area contributed by atoms with E-state index >= 15 is 0 Å². The molecule has 2 unspecified atom stereocenters. The van der Waals surface area contributed by atoms with Crippen molar-refractivity contribution >= 4 is 7.85 Å². The smallest absolute Gasteiger partial charge is 0.0734 e. The number of rotatable bonds is 0. The van der Waals surface area contributed by atoms with Gasteiger partial charge in [0, 0.05) is 6.10 Å². The monoisotopic (exact) mass is 110 g/mol. The molecule has 0 aromatic heterocycles. The van der Waals surface area contributed by atoms with E-state index in [2.05, 4.69) is 0 Å². The molecule has 0 spiro atoms. The fourth-order valence-corrected chi connectivity index (χ4v) is 1.14. The molecule has 1 aliphatic carbocycles. The van der Waals surface area contributed by atoms with Gasteiger partial charge >= 0.3 is 0 Å². The van der Waals surface area contributed by atoms with Gasteiger partial charge in [0.25, 0.3) is 0 Å². The fourth-order valence-electron chi connectivity index (χ4n) is 1.14. The van der Waals surface area contributed by atoms with E-state index in [-0.39, 0.29) is 11.9 Å². The second kappa shape index (κ2) is 2.54. The van der Waals surface area contributed by atoms with E-state index in [0.29, 0.717) is 0 Å². The van der Waals surface area contributed by atoms with Gasteiger partial charge in [0.15, 0.2) is 0 Å². The molecule has 0 saturated heterocycles. The topological polar surface area (TPSA) is 20.2 Å². The third-order valence-corrected chi connectivity index (χ3v) is 1.78. The van der Waals surface area contributed by atoms with Gasteiger partial charge in [-0.1, -0.05) is 25.1 Å². The van der Waals surface area contributed by atoms with Crippen LogP contribution >= 0.6 is 0 Å². The standard InChI is InChI=1S/C6H11BO/c7-5-3-1-2-4-6(5)8/h5-6,8H,1-4H2. The van der Waals surface area contributed by atoms with Gasteiger partial charge in [0.2, 0.25) is 0 Å². The number of hydrogen-bond acceptors (Lipinski definition) is 1. The van der Waals surface area contributed by atoms with E-state index in [4.69, 9.17) is 13.0 Å². The van der Waals surface area contributed by atoms with Crippen LogP contribution in [0, 0.1) is 0 Å². The van der Waals surface area contributed by atoms with Crippen molar-refractivity contribution in [2.24, 2.45) is 0 Å². The molecule has 2 atom stereocenters. The Hall–Kier alpha value is 0.0249. The Labute approximate surface area is 51.5 Å². The van der Waals surface area contributed by atoms with Gasteiger partial charge in [-0.25, -0.2) is 0 Å². The molecule has 0 aromatic carbocycles. The van der Waals surface area contributed by atoms with E-state index in [0.717, 1.165) is 19.3 Å². The highest BCUT2D eigenvalue weighted by molar-refractivity contribution is 6.12. The maximum absolute atomic E-state index is 9.05. The van der Waals surface area contributed by atoms with Gasteiger partial charge in [-0.3, -0.25) is 0 Å². The Kier molecular flexibility index (Phi) is 1.95. The normalized spacial score (nSPS) is 39.6. The first-order valence-electron chi connectivity index (χ1n) is 3.24. The van der Waals surface area contributed by atoms with Crippen LogP contribution < -0.4 is 0 Å². The Morgan fingerprint density at radius 1 is 1.25 bits per heavy atom. The summed E-state index contributed by atoms with van der Waals surface area (Å²) in [6.45, 7) is 0. The van der Waals surface area contributed by atoms with Crippen LogP contribution in [0.25, 0.3) is 0 Å². The van der Waals surface area contributed by atoms with Crippen LogP contribution in [0.15, 0.2) is 0 Å². The predicted molar refractivity (Wildman–Crippen MR) is 34.0 cm³/mol. The summed E-state index contributed by atoms with van der Waals surface area (Å²) in [5.41, 5.74) is 0. The second-order valence-corrected chi connectivity index (χ2v) is 2.52. The van der Waals surface area contributed by atoms with E-state index in [1.165, 1.54) is 6.42 Å². The number of hydrogen-bond donors (Lipinski definition) is 1. The van der Waals surface area contributed by atoms with Gasteiger partial charge in [-0.05, 0) is 6.42 Å². The second-order valence-electron chi connectivity index (χ2n) is 2.52. The minimum Gasteiger partial charge on any atom is -0.394 e. The minimum absolute atomic E-state index is 0.0590. The van der Waals surface area contributed by atoms with E-state index < -0.39 is 0 Å². The fraction of sp³-hybridized carbons (Fsp3) is 1.00. The van der Waals surface area contributed by atoms with E-state index in [1.54, 1.807) is 0 Å². The Morgan fingerprint density at radius 3 is 2.25 bits per heavy atom. The summed E-state index contributed by atoms with van der Waals surface area (Å²) in [4.78, 5) is 0. The molecular weight excluding hydrogens is 98.9 g/mol. The van der Waals surface area contributed by atoms with Gasteiger partial charge in [-0.15, -0.1) is 0 Å². The van der Waals surface area contributed by atoms with Crippen LogP contribution in [0.4, 0.5) is 0 Å². The molecular formula is C6H11BO. The van der Waals surface area contributed by atoms with Crippen molar-refractivity contribution in [3.8, 4) is 0 Å². The van der Waals surface area contributed by atoms with Crippen LogP contribution in [0.3, 0.4) is 0 Å². The summed E-state index contributed by atoms with van der Waals surface area (Å²) in [5, 5.41) is 9.05. The van der Waals surface area contributed by atoms with Gasteiger partial charge in [0.05, 0.1) is 7.85 Å². The first-order valence-corrected chi connectivity index (χ1v) is 3.24. The van der Waals surface area contributed by atoms with Crippen LogP contribution in [-0.4, -0.2) is 19.1 Å². The molecule has 2 heteroatoms. The molecule has 1 fully saturated rings. The summed E-state index contributed by atoms with van der Waals surface area (Å²) in [6.07, 6.45) is 4.03. The molecule has 0 heterocycles. The molecule has 0 aromatic rings. The van der Waals surface area contributed by atoms with E-state index in [1.807, 2.05) is 0 Å². The predicted octanol–water partition coefficient (Wildman–Crippen LogP) is 0.878. The lowest BCUT2D eigenvalue weighted by molar-refractivity contribution is 0.131. The molecule has 44 valence electrons. The molecule has 1 nitrogen and oxygen atoms in total. The zero-order chi connectivity index (χ0) is 5.98. The van der Waals surface area contributed by atoms with Crippen LogP contribution in [0.5, 0.6) is 0 Å². The average molecular weight is 110 g/mol. The maximum atomic E-state index is 9.05. The van der Waals surface area contributed by atoms with Gasteiger partial charge in [0.1, 0.15) is 0 Å². The van der Waals surface area contributed by atoms with Gasteiger partial charge < -0.3 is 5.11 Å². The highest BCUT2D eigenvalue weighted by Crippen LogP contribution is 2.25. The third kappa shape index (κ3) is 1.25. The van der Waals surface area contributed by atoms with Crippen LogP contribution in [0.2, 0.25) is 5.82 Å². The van der Waals surface area contributed by atoms with Crippen molar-refractivity contribution in [1.82, 2.24) is 0 Å². The SMILES string of the molecule is [B]C1CCCCC1O. The molecule has 1 rings (SSSR count). The number of aliphatic hydroxyl groups excluding tert-OH is 1. The van der Waals surface area contributed by atoms with Crippen molar-refractivity contribution in [1.29, 1.82) is 0 Å². The molecule has 8 heavy (non-hydrogen) atoms. The van der Waals surface area contributed by atoms with E-state index in [9.17, 15) is 0 Å². The van der Waals surface area contributed by atoms with Crippen LogP contribution in [0.1, 0.15) is 25.7 Å². The Morgan fingerprint density at radius 2 is 1.88 bits per heavy atom. The van der Waals surface area contributed by atoms with Crippen LogP contribution in [-0.2, 0) is 0 Å². The lowest BCUT2D eigenvalue weighted by Crippen LogP contribution is -2.19. The Balaban J connectivity index is 2.28. The van der Waals surface area contributed by atoms with Crippen molar-refractivity contribution < 1.29 is 5.11 Å². The molecule has 0 bridgehead atoms. The number of aliphatic hydroxyl groups is 1. The lowest BCUT2D eigenvalue weighted by Gasteiger charge is -2.23. The molecule has 1 saturated carbocycles. The highest BCUT2D eigenvalue weighted by atomic mass is 16.3. The zero-order valence-corrected chi connectivity index (χ0v) is 5.01. The zero-order valence-electron chi connectivity index (χ0n) is 5.01. The summed E-state index contributed by atoms with van der Waals surface area (Å²) < 4.78 is 0. The third-order valence-electron chi connectivity index (χ3n) is 1.78. The Bertz CT molecular complexity index is 64.9. The van der Waals surface area contributed by atoms with Gasteiger partial charge in [-0.2, -0.15) is 0 Å².